The second-order valence-electron chi connectivity index (χ2n) is 6.52. The van der Waals surface area contributed by atoms with Crippen LogP contribution >= 0.6 is 0 Å². The molecule has 25 heavy (non-hydrogen) atoms. The Morgan fingerprint density at radius 1 is 1.08 bits per heavy atom. The minimum Gasteiger partial charge on any atom is -0.493 e. The zero-order chi connectivity index (χ0) is 18.0. The monoisotopic (exact) mass is 344 g/mol. The molecule has 1 aromatic carbocycles. The fraction of sp³-hybridized carbons (Fsp3) is 0.474. The van der Waals surface area contributed by atoms with Crippen LogP contribution in [0.3, 0.4) is 0 Å². The number of methoxy groups -OCH3 is 2. The summed E-state index contributed by atoms with van der Waals surface area (Å²) < 4.78 is 10.6. The van der Waals surface area contributed by atoms with Gasteiger partial charge in [0.15, 0.2) is 11.5 Å². The number of hydrogen-bond donors (Lipinski definition) is 1. The topological polar surface area (TPSA) is 67.9 Å². The van der Waals surface area contributed by atoms with E-state index in [1.54, 1.807) is 20.3 Å². The molecule has 2 fully saturated rings. The van der Waals surface area contributed by atoms with Crippen LogP contribution in [0.25, 0.3) is 6.08 Å². The molecule has 1 saturated heterocycles. The third-order valence-electron chi connectivity index (χ3n) is 4.92. The van der Waals surface area contributed by atoms with Crippen LogP contribution in [0.2, 0.25) is 0 Å². The van der Waals surface area contributed by atoms with Crippen molar-refractivity contribution in [3.8, 4) is 11.5 Å². The van der Waals surface area contributed by atoms with Gasteiger partial charge in [0.1, 0.15) is 5.70 Å². The van der Waals surface area contributed by atoms with Gasteiger partial charge in [0.2, 0.25) is 0 Å². The average Bonchev–Trinajstić information content (AvgIpc) is 2.90. The average molecular weight is 344 g/mol. The third kappa shape index (κ3) is 3.34. The molecule has 6 nitrogen and oxygen atoms in total. The van der Waals surface area contributed by atoms with Crippen molar-refractivity contribution in [3.63, 3.8) is 0 Å². The molecule has 3 amide bonds. The second-order valence-corrected chi connectivity index (χ2v) is 6.52. The van der Waals surface area contributed by atoms with E-state index < -0.39 is 0 Å². The number of amides is 3. The van der Waals surface area contributed by atoms with Crippen LogP contribution in [0.15, 0.2) is 17.8 Å². The Morgan fingerprint density at radius 2 is 1.72 bits per heavy atom. The van der Waals surface area contributed by atoms with Crippen molar-refractivity contribution >= 4 is 18.0 Å². The summed E-state index contributed by atoms with van der Waals surface area (Å²) >= 11 is 0. The van der Waals surface area contributed by atoms with Gasteiger partial charge in [-0.05, 0) is 49.1 Å². The lowest BCUT2D eigenvalue weighted by molar-refractivity contribution is -0.124. The Morgan fingerprint density at radius 3 is 2.36 bits per heavy atom. The zero-order valence-electron chi connectivity index (χ0n) is 14.9. The molecule has 1 N–H and O–H groups in total. The lowest BCUT2D eigenvalue weighted by Gasteiger charge is -2.28. The summed E-state index contributed by atoms with van der Waals surface area (Å²) in [5, 5.41) is 2.72. The highest BCUT2D eigenvalue weighted by Gasteiger charge is 2.39. The highest BCUT2D eigenvalue weighted by molar-refractivity contribution is 6.14. The summed E-state index contributed by atoms with van der Waals surface area (Å²) in [6, 6.07) is 3.36. The van der Waals surface area contributed by atoms with Crippen LogP contribution in [0, 0.1) is 6.92 Å². The van der Waals surface area contributed by atoms with Gasteiger partial charge in [-0.1, -0.05) is 19.3 Å². The molecule has 0 unspecified atom stereocenters. The zero-order valence-corrected chi connectivity index (χ0v) is 14.9. The summed E-state index contributed by atoms with van der Waals surface area (Å²) in [4.78, 5) is 26.4. The lowest BCUT2D eigenvalue weighted by atomic mass is 9.94. The second kappa shape index (κ2) is 7.17. The van der Waals surface area contributed by atoms with Crippen molar-refractivity contribution in [2.24, 2.45) is 0 Å². The van der Waals surface area contributed by atoms with Crippen LogP contribution in [0.1, 0.15) is 43.2 Å². The van der Waals surface area contributed by atoms with Gasteiger partial charge in [0.05, 0.1) is 14.2 Å². The molecule has 6 heteroatoms. The van der Waals surface area contributed by atoms with E-state index in [0.717, 1.165) is 36.8 Å². The lowest BCUT2D eigenvalue weighted by Crippen LogP contribution is -2.41. The van der Waals surface area contributed by atoms with Gasteiger partial charge >= 0.3 is 6.03 Å². The number of benzene rings is 1. The normalized spacial score (nSPS) is 20.1. The van der Waals surface area contributed by atoms with E-state index in [-0.39, 0.29) is 18.0 Å². The van der Waals surface area contributed by atoms with E-state index in [2.05, 4.69) is 5.32 Å². The molecule has 2 aliphatic rings. The Bertz CT molecular complexity index is 720. The van der Waals surface area contributed by atoms with Crippen LogP contribution in [-0.2, 0) is 4.79 Å². The van der Waals surface area contributed by atoms with E-state index in [1.807, 2.05) is 19.1 Å². The molecule has 1 saturated carbocycles. The van der Waals surface area contributed by atoms with E-state index in [9.17, 15) is 9.59 Å². The van der Waals surface area contributed by atoms with Crippen LogP contribution in [-0.4, -0.2) is 37.1 Å². The molecule has 0 radical (unpaired) electrons. The van der Waals surface area contributed by atoms with Gasteiger partial charge in [0.25, 0.3) is 5.91 Å². The highest BCUT2D eigenvalue weighted by Crippen LogP contribution is 2.32. The van der Waals surface area contributed by atoms with Gasteiger partial charge < -0.3 is 14.8 Å². The maximum atomic E-state index is 12.7. The number of carbonyl (C=O) groups excluding carboxylic acids is 2. The molecule has 1 heterocycles. The van der Waals surface area contributed by atoms with Crippen molar-refractivity contribution < 1.29 is 19.1 Å². The molecule has 0 atom stereocenters. The summed E-state index contributed by atoms with van der Waals surface area (Å²) in [5.41, 5.74) is 2.06. The van der Waals surface area contributed by atoms with Crippen molar-refractivity contribution in [3.05, 3.63) is 29.0 Å². The number of carbonyl (C=O) groups is 2. The number of ether oxygens (including phenoxy) is 2. The van der Waals surface area contributed by atoms with Gasteiger partial charge in [-0.15, -0.1) is 0 Å². The van der Waals surface area contributed by atoms with E-state index in [4.69, 9.17) is 9.47 Å². The van der Waals surface area contributed by atoms with Crippen molar-refractivity contribution in [2.45, 2.75) is 45.1 Å². The van der Waals surface area contributed by atoms with Crippen molar-refractivity contribution in [1.82, 2.24) is 10.2 Å². The first kappa shape index (κ1) is 17.3. The quantitative estimate of drug-likeness (QED) is 0.672. The minimum atomic E-state index is -0.318. The number of hydrogen-bond acceptors (Lipinski definition) is 4. The predicted molar refractivity (Wildman–Crippen MR) is 94.5 cm³/mol. The number of nitrogens with zero attached hydrogens (tertiary/aromatic N) is 1. The first-order valence-corrected chi connectivity index (χ1v) is 8.64. The molecule has 1 aliphatic carbocycles. The summed E-state index contributed by atoms with van der Waals surface area (Å²) in [5.74, 6) is 0.972. The summed E-state index contributed by atoms with van der Waals surface area (Å²) in [6.45, 7) is 1.93. The molecule has 3 rings (SSSR count). The van der Waals surface area contributed by atoms with Crippen molar-refractivity contribution in [1.29, 1.82) is 0 Å². The molecule has 0 bridgehead atoms. The molecular formula is C19H24N2O4. The van der Waals surface area contributed by atoms with Gasteiger partial charge in [0, 0.05) is 6.04 Å². The largest absolute Gasteiger partial charge is 0.493 e. The Labute approximate surface area is 147 Å². The van der Waals surface area contributed by atoms with E-state index >= 15 is 0 Å². The first-order valence-electron chi connectivity index (χ1n) is 8.64. The van der Waals surface area contributed by atoms with Crippen LogP contribution in [0.4, 0.5) is 4.79 Å². The van der Waals surface area contributed by atoms with Crippen LogP contribution in [0.5, 0.6) is 11.5 Å². The molecular weight excluding hydrogens is 320 g/mol. The van der Waals surface area contributed by atoms with Gasteiger partial charge in [-0.25, -0.2) is 4.79 Å². The maximum absolute atomic E-state index is 12.7. The van der Waals surface area contributed by atoms with Gasteiger partial charge in [-0.3, -0.25) is 9.69 Å². The number of aryl methyl sites for hydroxylation is 1. The SMILES string of the molecule is COc1cc(C)c(/C=C2\NC(=O)N(C3CCCCC3)C2=O)cc1OC. The number of urea groups is 1. The Kier molecular flexibility index (Phi) is 4.97. The number of imide groups is 1. The van der Waals surface area contributed by atoms with Gasteiger partial charge in [-0.2, -0.15) is 0 Å². The smallest absolute Gasteiger partial charge is 0.329 e. The summed E-state index contributed by atoms with van der Waals surface area (Å²) in [7, 11) is 3.15. The summed E-state index contributed by atoms with van der Waals surface area (Å²) in [6.07, 6.45) is 6.79. The van der Waals surface area contributed by atoms with Crippen LogP contribution < -0.4 is 14.8 Å². The van der Waals surface area contributed by atoms with Crippen molar-refractivity contribution in [2.75, 3.05) is 14.2 Å². The standard InChI is InChI=1S/C19H24N2O4/c1-12-9-16(24-2)17(25-3)11-13(12)10-15-18(22)21(19(23)20-15)14-7-5-4-6-8-14/h9-11,14H,4-8H2,1-3H3,(H,20,23)/b15-10-. The number of nitrogens with one attached hydrogen (secondary N) is 1. The fourth-order valence-corrected chi connectivity index (χ4v) is 3.53. The minimum absolute atomic E-state index is 0.0126. The molecule has 0 spiro atoms. The predicted octanol–water partition coefficient (Wildman–Crippen LogP) is 3.24. The Balaban J connectivity index is 1.89. The highest BCUT2D eigenvalue weighted by atomic mass is 16.5. The molecule has 1 aromatic rings. The maximum Gasteiger partial charge on any atom is 0.329 e. The first-order chi connectivity index (χ1) is 12.0. The number of rotatable bonds is 4. The third-order valence-corrected chi connectivity index (χ3v) is 4.92. The van der Waals surface area contributed by atoms with E-state index in [1.165, 1.54) is 11.3 Å². The fourth-order valence-electron chi connectivity index (χ4n) is 3.53. The Hall–Kier alpha value is -2.50. The molecule has 134 valence electrons. The molecule has 0 aromatic heterocycles. The van der Waals surface area contributed by atoms with E-state index in [0.29, 0.717) is 17.2 Å². The molecule has 1 aliphatic heterocycles.